The predicted molar refractivity (Wildman–Crippen MR) is 160 cm³/mol. The van der Waals surface area contributed by atoms with E-state index in [1.165, 1.54) is 6.08 Å². The van der Waals surface area contributed by atoms with E-state index in [4.69, 9.17) is 10.5 Å². The fourth-order valence-corrected chi connectivity index (χ4v) is 5.22. The number of nitrogens with two attached hydrogens (primary N) is 1. The molecule has 12 nitrogen and oxygen atoms in total. The molecular formula is C29H30N8O4S. The third-order valence-electron chi connectivity index (χ3n) is 6.60. The Morgan fingerprint density at radius 3 is 2.55 bits per heavy atom. The Balaban J connectivity index is 1.41. The first-order valence-corrected chi connectivity index (χ1v) is 14.1. The van der Waals surface area contributed by atoms with Gasteiger partial charge < -0.3 is 30.9 Å². The molecule has 3 aromatic rings. The van der Waals surface area contributed by atoms with Crippen LogP contribution < -0.4 is 16.4 Å². The molecule has 2 aliphatic heterocycles. The summed E-state index contributed by atoms with van der Waals surface area (Å²) in [5.41, 5.74) is 8.42. The topological polar surface area (TPSA) is 155 Å². The van der Waals surface area contributed by atoms with Gasteiger partial charge in [0.1, 0.15) is 16.5 Å². The molecule has 2 aliphatic rings. The van der Waals surface area contributed by atoms with Crippen LogP contribution in [0.1, 0.15) is 15.4 Å². The Hall–Kier alpha value is -4.88. The number of nitrogens with one attached hydrogen (secondary N) is 2. The number of piperazine rings is 1. The number of para-hydroxylation sites is 1. The van der Waals surface area contributed by atoms with Crippen LogP contribution >= 0.6 is 11.3 Å². The number of aliphatic imine (C=N–C) groups is 1. The van der Waals surface area contributed by atoms with Crippen LogP contribution in [0, 0.1) is 0 Å². The number of ether oxygens (including phenoxy) is 1. The lowest BCUT2D eigenvalue weighted by Gasteiger charge is -2.28. The van der Waals surface area contributed by atoms with Gasteiger partial charge in [-0.15, -0.1) is 10.2 Å². The number of morpholine rings is 1. The first-order chi connectivity index (χ1) is 20.4. The minimum absolute atomic E-state index is 0.00239. The minimum Gasteiger partial charge on any atom is -0.383 e. The number of anilines is 1. The Morgan fingerprint density at radius 2 is 1.79 bits per heavy atom. The maximum absolute atomic E-state index is 13.7. The van der Waals surface area contributed by atoms with Gasteiger partial charge in [0.15, 0.2) is 0 Å². The van der Waals surface area contributed by atoms with E-state index < -0.39 is 5.91 Å². The van der Waals surface area contributed by atoms with Gasteiger partial charge in [0.05, 0.1) is 25.4 Å². The van der Waals surface area contributed by atoms with Gasteiger partial charge in [0.2, 0.25) is 10.9 Å². The highest BCUT2D eigenvalue weighted by atomic mass is 32.1. The summed E-state index contributed by atoms with van der Waals surface area (Å²) in [4.78, 5) is 46.4. The van der Waals surface area contributed by atoms with Gasteiger partial charge in [-0.3, -0.25) is 14.4 Å². The number of allylic oxidation sites excluding steroid dienone is 1. The molecule has 3 heterocycles. The summed E-state index contributed by atoms with van der Waals surface area (Å²) in [6, 6.07) is 16.2. The van der Waals surface area contributed by atoms with Crippen molar-refractivity contribution in [3.05, 3.63) is 89.2 Å². The number of benzene rings is 2. The SMILES string of the molecule is C=C(/C=C(\N=C(/N)c1ccccc1)C(=O)Nc1ccccc1-c1nnc(C(=O)N2CCOCC2)s1)N1CCNC(=O)C1. The summed E-state index contributed by atoms with van der Waals surface area (Å²) >= 11 is 1.15. The quantitative estimate of drug-likeness (QED) is 0.156. The molecule has 4 N–H and O–H groups in total. The monoisotopic (exact) mass is 586 g/mol. The predicted octanol–water partition coefficient (Wildman–Crippen LogP) is 1.85. The van der Waals surface area contributed by atoms with Gasteiger partial charge in [-0.2, -0.15) is 0 Å². The molecule has 5 rings (SSSR count). The zero-order valence-corrected chi connectivity index (χ0v) is 23.6. The Bertz CT molecular complexity index is 1550. The van der Waals surface area contributed by atoms with Crippen LogP contribution in [-0.2, 0) is 14.3 Å². The Kier molecular flexibility index (Phi) is 8.99. The standard InChI is InChI=1S/C29H30N8O4S/c1-19(37-12-11-31-24(38)18-37)17-23(32-25(30)20-7-3-2-4-8-20)26(39)33-22-10-6-5-9-21(22)27-34-35-28(42-27)29(40)36-13-15-41-16-14-36/h2-10,17H,1,11-16,18H2,(H2,30,32)(H,31,38)(H,33,39)/b23-17-. The van der Waals surface area contributed by atoms with Crippen molar-refractivity contribution in [3.63, 3.8) is 0 Å². The lowest BCUT2D eigenvalue weighted by molar-refractivity contribution is -0.123. The number of carbonyl (C=O) groups is 3. The zero-order valence-electron chi connectivity index (χ0n) is 22.8. The van der Waals surface area contributed by atoms with Crippen molar-refractivity contribution in [2.24, 2.45) is 10.7 Å². The molecule has 0 atom stereocenters. The van der Waals surface area contributed by atoms with Crippen molar-refractivity contribution >= 4 is 40.6 Å². The summed E-state index contributed by atoms with van der Waals surface area (Å²) in [5, 5.41) is 14.8. The molecule has 2 saturated heterocycles. The molecule has 216 valence electrons. The number of aromatic nitrogens is 2. The third-order valence-corrected chi connectivity index (χ3v) is 7.55. The molecule has 0 aliphatic carbocycles. The molecule has 2 aromatic carbocycles. The molecule has 0 bridgehead atoms. The number of amidine groups is 1. The normalized spacial score (nSPS) is 16.1. The van der Waals surface area contributed by atoms with Crippen LogP contribution in [0.4, 0.5) is 5.69 Å². The zero-order chi connectivity index (χ0) is 29.5. The lowest BCUT2D eigenvalue weighted by atomic mass is 10.1. The maximum atomic E-state index is 13.7. The maximum Gasteiger partial charge on any atom is 0.285 e. The summed E-state index contributed by atoms with van der Waals surface area (Å²) in [6.45, 7) is 7.15. The van der Waals surface area contributed by atoms with Gasteiger partial charge in [-0.1, -0.05) is 60.4 Å². The lowest BCUT2D eigenvalue weighted by Crippen LogP contribution is -2.46. The highest BCUT2D eigenvalue weighted by Gasteiger charge is 2.24. The fraction of sp³-hybridized carbons (Fsp3) is 0.241. The second-order valence-corrected chi connectivity index (χ2v) is 10.4. The molecule has 1 aromatic heterocycles. The van der Waals surface area contributed by atoms with Crippen molar-refractivity contribution < 1.29 is 19.1 Å². The Labute approximate surface area is 246 Å². The first-order valence-electron chi connectivity index (χ1n) is 13.3. The van der Waals surface area contributed by atoms with E-state index >= 15 is 0 Å². The molecule has 0 saturated carbocycles. The summed E-state index contributed by atoms with van der Waals surface area (Å²) < 4.78 is 5.33. The largest absolute Gasteiger partial charge is 0.383 e. The van der Waals surface area contributed by atoms with Gasteiger partial charge in [-0.05, 0) is 18.2 Å². The van der Waals surface area contributed by atoms with Crippen LogP contribution in [0.2, 0.25) is 0 Å². The van der Waals surface area contributed by atoms with Crippen molar-refractivity contribution in [3.8, 4) is 10.6 Å². The molecule has 0 radical (unpaired) electrons. The van der Waals surface area contributed by atoms with Gasteiger partial charge in [0.25, 0.3) is 11.8 Å². The van der Waals surface area contributed by atoms with Crippen molar-refractivity contribution in [1.29, 1.82) is 0 Å². The molecule has 0 unspecified atom stereocenters. The van der Waals surface area contributed by atoms with E-state index in [2.05, 4.69) is 32.4 Å². The average molecular weight is 587 g/mol. The first kappa shape index (κ1) is 28.6. The van der Waals surface area contributed by atoms with E-state index in [0.29, 0.717) is 66.9 Å². The number of carbonyl (C=O) groups excluding carboxylic acids is 3. The highest BCUT2D eigenvalue weighted by molar-refractivity contribution is 7.16. The molecule has 13 heteroatoms. The van der Waals surface area contributed by atoms with Crippen molar-refractivity contribution in [1.82, 2.24) is 25.3 Å². The van der Waals surface area contributed by atoms with Crippen molar-refractivity contribution in [2.45, 2.75) is 0 Å². The van der Waals surface area contributed by atoms with E-state index in [0.717, 1.165) is 11.3 Å². The molecule has 3 amide bonds. The summed E-state index contributed by atoms with van der Waals surface area (Å²) in [7, 11) is 0. The van der Waals surface area contributed by atoms with E-state index in [1.54, 1.807) is 46.2 Å². The second kappa shape index (κ2) is 13.2. The van der Waals surface area contributed by atoms with Gasteiger partial charge in [-0.25, -0.2) is 4.99 Å². The van der Waals surface area contributed by atoms with Gasteiger partial charge in [0, 0.05) is 43.0 Å². The third kappa shape index (κ3) is 6.87. The number of hydrogen-bond acceptors (Lipinski definition) is 9. The summed E-state index contributed by atoms with van der Waals surface area (Å²) in [5.74, 6) is -0.737. The van der Waals surface area contributed by atoms with Crippen LogP contribution in [0.5, 0.6) is 0 Å². The van der Waals surface area contributed by atoms with Crippen LogP contribution in [-0.4, -0.2) is 89.5 Å². The van der Waals surface area contributed by atoms with E-state index in [9.17, 15) is 14.4 Å². The minimum atomic E-state index is -0.543. The number of amides is 3. The smallest absolute Gasteiger partial charge is 0.285 e. The average Bonchev–Trinajstić information content (AvgIpc) is 3.51. The van der Waals surface area contributed by atoms with E-state index in [1.807, 2.05) is 18.2 Å². The molecule has 2 fully saturated rings. The van der Waals surface area contributed by atoms with Gasteiger partial charge >= 0.3 is 0 Å². The van der Waals surface area contributed by atoms with Crippen LogP contribution in [0.15, 0.2) is 83.6 Å². The molecule has 0 spiro atoms. The van der Waals surface area contributed by atoms with E-state index in [-0.39, 0.29) is 34.9 Å². The molecule has 42 heavy (non-hydrogen) atoms. The number of rotatable bonds is 8. The summed E-state index contributed by atoms with van der Waals surface area (Å²) in [6.07, 6.45) is 1.51. The van der Waals surface area contributed by atoms with Crippen LogP contribution in [0.3, 0.4) is 0 Å². The van der Waals surface area contributed by atoms with Crippen molar-refractivity contribution in [2.75, 3.05) is 51.3 Å². The molecular weight excluding hydrogens is 556 g/mol. The second-order valence-electron chi connectivity index (χ2n) is 9.47. The van der Waals surface area contributed by atoms with Crippen LogP contribution in [0.25, 0.3) is 10.6 Å². The number of nitrogens with zero attached hydrogens (tertiary/aromatic N) is 5. The highest BCUT2D eigenvalue weighted by Crippen LogP contribution is 2.31. The Morgan fingerprint density at radius 1 is 1.05 bits per heavy atom. The number of hydrogen-bond donors (Lipinski definition) is 3. The fourth-order valence-electron chi connectivity index (χ4n) is 4.37.